The molecule has 0 unspecified atom stereocenters. The lowest BCUT2D eigenvalue weighted by Gasteiger charge is -2.25. The molecule has 2 atom stereocenters. The van der Waals surface area contributed by atoms with Crippen LogP contribution in [0.1, 0.15) is 18.9 Å². The molecule has 1 aromatic carbocycles. The Morgan fingerprint density at radius 1 is 1.36 bits per heavy atom. The Labute approximate surface area is 129 Å². The van der Waals surface area contributed by atoms with Gasteiger partial charge >= 0.3 is 0 Å². The summed E-state index contributed by atoms with van der Waals surface area (Å²) in [4.78, 5) is 28.5. The highest BCUT2D eigenvalue weighted by atomic mass is 19.1. The van der Waals surface area contributed by atoms with Gasteiger partial charge in [-0.25, -0.2) is 4.39 Å². The molecule has 2 saturated heterocycles. The SMILES string of the molecule is C[C@H]1CN(C(=O)Cc2ccc(F)cc2)C[C@@]12CCN(C)C2=O. The van der Waals surface area contributed by atoms with Gasteiger partial charge in [0, 0.05) is 26.7 Å². The van der Waals surface area contributed by atoms with Crippen molar-refractivity contribution in [2.45, 2.75) is 19.8 Å². The number of nitrogens with zero attached hydrogens (tertiary/aromatic N) is 2. The van der Waals surface area contributed by atoms with Gasteiger partial charge in [-0.3, -0.25) is 9.59 Å². The molecule has 0 aromatic heterocycles. The average Bonchev–Trinajstić information content (AvgIpc) is 2.98. The van der Waals surface area contributed by atoms with Crippen LogP contribution in [0.25, 0.3) is 0 Å². The predicted molar refractivity (Wildman–Crippen MR) is 80.5 cm³/mol. The first kappa shape index (κ1) is 15.0. The Hall–Kier alpha value is -1.91. The van der Waals surface area contributed by atoms with E-state index in [4.69, 9.17) is 0 Å². The zero-order valence-electron chi connectivity index (χ0n) is 13.0. The molecule has 2 fully saturated rings. The topological polar surface area (TPSA) is 40.6 Å². The lowest BCUT2D eigenvalue weighted by atomic mass is 9.78. The Kier molecular flexibility index (Phi) is 3.67. The van der Waals surface area contributed by atoms with E-state index in [9.17, 15) is 14.0 Å². The van der Waals surface area contributed by atoms with Crippen molar-refractivity contribution in [2.75, 3.05) is 26.7 Å². The van der Waals surface area contributed by atoms with Gasteiger partial charge < -0.3 is 9.80 Å². The van der Waals surface area contributed by atoms with E-state index in [1.807, 2.05) is 7.05 Å². The van der Waals surface area contributed by atoms with E-state index in [2.05, 4.69) is 6.92 Å². The minimum absolute atomic E-state index is 0.0117. The molecule has 22 heavy (non-hydrogen) atoms. The van der Waals surface area contributed by atoms with Crippen molar-refractivity contribution in [3.63, 3.8) is 0 Å². The van der Waals surface area contributed by atoms with Crippen LogP contribution in [0.5, 0.6) is 0 Å². The predicted octanol–water partition coefficient (Wildman–Crippen LogP) is 1.70. The highest BCUT2D eigenvalue weighted by molar-refractivity contribution is 5.87. The molecule has 1 spiro atoms. The smallest absolute Gasteiger partial charge is 0.230 e. The lowest BCUT2D eigenvalue weighted by molar-refractivity contribution is -0.136. The molecule has 5 heteroatoms. The number of hydrogen-bond acceptors (Lipinski definition) is 2. The van der Waals surface area contributed by atoms with Crippen molar-refractivity contribution < 1.29 is 14.0 Å². The number of carbonyl (C=O) groups is 2. The third-order valence-corrected chi connectivity index (χ3v) is 5.20. The summed E-state index contributed by atoms with van der Waals surface area (Å²) < 4.78 is 12.9. The summed E-state index contributed by atoms with van der Waals surface area (Å²) in [7, 11) is 1.83. The second kappa shape index (κ2) is 5.38. The summed E-state index contributed by atoms with van der Waals surface area (Å²) in [5, 5.41) is 0. The first-order valence-corrected chi connectivity index (χ1v) is 7.70. The van der Waals surface area contributed by atoms with E-state index < -0.39 is 5.41 Å². The van der Waals surface area contributed by atoms with Crippen LogP contribution in [-0.4, -0.2) is 48.3 Å². The molecule has 0 bridgehead atoms. The maximum atomic E-state index is 12.9. The van der Waals surface area contributed by atoms with Gasteiger partial charge in [0.05, 0.1) is 11.8 Å². The fourth-order valence-corrected chi connectivity index (χ4v) is 3.70. The van der Waals surface area contributed by atoms with Gasteiger partial charge in [0.2, 0.25) is 11.8 Å². The maximum absolute atomic E-state index is 12.9. The molecule has 1 aromatic rings. The largest absolute Gasteiger partial charge is 0.345 e. The minimum atomic E-state index is -0.396. The molecule has 2 aliphatic heterocycles. The monoisotopic (exact) mass is 304 g/mol. The fraction of sp³-hybridized carbons (Fsp3) is 0.529. The zero-order chi connectivity index (χ0) is 15.9. The number of rotatable bonds is 2. The molecule has 0 radical (unpaired) electrons. The minimum Gasteiger partial charge on any atom is -0.345 e. The van der Waals surface area contributed by atoms with Gasteiger partial charge in [0.25, 0.3) is 0 Å². The van der Waals surface area contributed by atoms with Crippen molar-refractivity contribution in [3.8, 4) is 0 Å². The Bertz CT molecular complexity index is 601. The summed E-state index contributed by atoms with van der Waals surface area (Å²) >= 11 is 0. The second-order valence-corrected chi connectivity index (χ2v) is 6.61. The Morgan fingerprint density at radius 3 is 2.64 bits per heavy atom. The number of halogens is 1. The Morgan fingerprint density at radius 2 is 2.05 bits per heavy atom. The number of amides is 2. The summed E-state index contributed by atoms with van der Waals surface area (Å²) in [5.41, 5.74) is 0.405. The van der Waals surface area contributed by atoms with Crippen LogP contribution in [0.15, 0.2) is 24.3 Å². The van der Waals surface area contributed by atoms with Crippen LogP contribution < -0.4 is 0 Å². The van der Waals surface area contributed by atoms with Crippen LogP contribution in [0, 0.1) is 17.2 Å². The summed E-state index contributed by atoms with van der Waals surface area (Å²) in [6.45, 7) is 3.96. The van der Waals surface area contributed by atoms with Gasteiger partial charge in [-0.05, 0) is 30.0 Å². The quantitative estimate of drug-likeness (QED) is 0.834. The van der Waals surface area contributed by atoms with Crippen molar-refractivity contribution in [3.05, 3.63) is 35.6 Å². The lowest BCUT2D eigenvalue weighted by Crippen LogP contribution is -2.39. The van der Waals surface area contributed by atoms with Gasteiger partial charge in [-0.2, -0.15) is 0 Å². The molecule has 0 saturated carbocycles. The number of likely N-dealkylation sites (tertiary alicyclic amines) is 2. The molecule has 0 N–H and O–H groups in total. The van der Waals surface area contributed by atoms with E-state index in [0.29, 0.717) is 13.1 Å². The third-order valence-electron chi connectivity index (χ3n) is 5.20. The molecule has 2 aliphatic rings. The summed E-state index contributed by atoms with van der Waals surface area (Å²) in [6, 6.07) is 6.01. The van der Waals surface area contributed by atoms with E-state index in [1.54, 1.807) is 21.9 Å². The van der Waals surface area contributed by atoms with Gasteiger partial charge in [0.1, 0.15) is 5.82 Å². The van der Waals surface area contributed by atoms with E-state index in [0.717, 1.165) is 18.5 Å². The van der Waals surface area contributed by atoms with E-state index >= 15 is 0 Å². The first-order valence-electron chi connectivity index (χ1n) is 7.70. The van der Waals surface area contributed by atoms with Crippen LogP contribution in [0.4, 0.5) is 4.39 Å². The molecule has 2 heterocycles. The maximum Gasteiger partial charge on any atom is 0.230 e. The van der Waals surface area contributed by atoms with Crippen LogP contribution >= 0.6 is 0 Å². The van der Waals surface area contributed by atoms with Crippen molar-refractivity contribution in [1.29, 1.82) is 0 Å². The number of benzene rings is 1. The molecule has 4 nitrogen and oxygen atoms in total. The van der Waals surface area contributed by atoms with Crippen molar-refractivity contribution in [1.82, 2.24) is 9.80 Å². The van der Waals surface area contributed by atoms with Gasteiger partial charge in [-0.15, -0.1) is 0 Å². The standard InChI is InChI=1S/C17H21FN2O2/c1-12-10-20(11-17(12)7-8-19(2)16(17)22)15(21)9-13-3-5-14(18)6-4-13/h3-6,12H,7-11H2,1-2H3/t12-,17-/m0/s1. The fourth-order valence-electron chi connectivity index (χ4n) is 3.70. The normalized spacial score (nSPS) is 28.0. The summed E-state index contributed by atoms with van der Waals surface area (Å²) in [5.74, 6) is 0.0569. The average molecular weight is 304 g/mol. The van der Waals surface area contributed by atoms with Crippen LogP contribution in [0.2, 0.25) is 0 Å². The number of hydrogen-bond donors (Lipinski definition) is 0. The highest BCUT2D eigenvalue weighted by Crippen LogP contribution is 2.44. The zero-order valence-corrected chi connectivity index (χ0v) is 13.0. The molecule has 3 rings (SSSR count). The Balaban J connectivity index is 1.70. The van der Waals surface area contributed by atoms with Gasteiger partial charge in [-0.1, -0.05) is 19.1 Å². The van der Waals surface area contributed by atoms with E-state index in [-0.39, 0.29) is 30.0 Å². The summed E-state index contributed by atoms with van der Waals surface area (Å²) in [6.07, 6.45) is 1.08. The van der Waals surface area contributed by atoms with Gasteiger partial charge in [0.15, 0.2) is 0 Å². The number of carbonyl (C=O) groups excluding carboxylic acids is 2. The first-order chi connectivity index (χ1) is 10.4. The third kappa shape index (κ3) is 2.38. The molecular weight excluding hydrogens is 283 g/mol. The molecular formula is C17H21FN2O2. The van der Waals surface area contributed by atoms with E-state index in [1.165, 1.54) is 12.1 Å². The molecule has 118 valence electrons. The molecule has 2 amide bonds. The van der Waals surface area contributed by atoms with Crippen molar-refractivity contribution >= 4 is 11.8 Å². The van der Waals surface area contributed by atoms with Crippen molar-refractivity contribution in [2.24, 2.45) is 11.3 Å². The van der Waals surface area contributed by atoms with Crippen LogP contribution in [-0.2, 0) is 16.0 Å². The van der Waals surface area contributed by atoms with Crippen LogP contribution in [0.3, 0.4) is 0 Å². The second-order valence-electron chi connectivity index (χ2n) is 6.61. The molecule has 0 aliphatic carbocycles. The highest BCUT2D eigenvalue weighted by Gasteiger charge is 2.54.